The van der Waals surface area contributed by atoms with Gasteiger partial charge in [-0.2, -0.15) is 5.10 Å². The van der Waals surface area contributed by atoms with Gasteiger partial charge in [0.2, 0.25) is 0 Å². The molecule has 2 aromatic rings. The van der Waals surface area contributed by atoms with Crippen LogP contribution in [0.3, 0.4) is 0 Å². The third-order valence-corrected chi connectivity index (χ3v) is 2.39. The third-order valence-electron chi connectivity index (χ3n) is 2.39. The average molecular weight is 205 g/mol. The summed E-state index contributed by atoms with van der Waals surface area (Å²) in [6.07, 6.45) is 2.82. The lowest BCUT2D eigenvalue weighted by Crippen LogP contribution is -2.02. The summed E-state index contributed by atoms with van der Waals surface area (Å²) in [5.41, 5.74) is 7.60. The molecule has 1 heterocycles. The lowest BCUT2D eigenvalue weighted by atomic mass is 10.2. The monoisotopic (exact) mass is 205 g/mol. The number of methoxy groups -OCH3 is 1. The third kappa shape index (κ3) is 2.10. The van der Waals surface area contributed by atoms with E-state index in [0.29, 0.717) is 0 Å². The van der Waals surface area contributed by atoms with Gasteiger partial charge in [0, 0.05) is 31.3 Å². The summed E-state index contributed by atoms with van der Waals surface area (Å²) in [5.74, 6) is 0. The Morgan fingerprint density at radius 3 is 3.13 bits per heavy atom. The van der Waals surface area contributed by atoms with Crippen LogP contribution < -0.4 is 5.73 Å². The minimum atomic E-state index is 0.754. The maximum absolute atomic E-state index is 5.74. The number of ether oxygens (including phenoxy) is 1. The number of nitrogens with zero attached hydrogens (tertiary/aromatic N) is 2. The van der Waals surface area contributed by atoms with E-state index in [2.05, 4.69) is 5.10 Å². The van der Waals surface area contributed by atoms with E-state index in [4.69, 9.17) is 10.5 Å². The van der Waals surface area contributed by atoms with E-state index < -0.39 is 0 Å². The topological polar surface area (TPSA) is 53.1 Å². The van der Waals surface area contributed by atoms with Crippen LogP contribution >= 0.6 is 0 Å². The Kier molecular flexibility index (Phi) is 2.87. The highest BCUT2D eigenvalue weighted by molar-refractivity contribution is 5.81. The number of aryl methyl sites for hydroxylation is 1. The number of anilines is 1. The molecule has 0 saturated heterocycles. The van der Waals surface area contributed by atoms with Gasteiger partial charge in [-0.1, -0.05) is 0 Å². The Balaban J connectivity index is 2.23. The van der Waals surface area contributed by atoms with E-state index in [-0.39, 0.29) is 0 Å². The van der Waals surface area contributed by atoms with Gasteiger partial charge in [-0.05, 0) is 24.6 Å². The van der Waals surface area contributed by atoms with Gasteiger partial charge in [0.1, 0.15) is 0 Å². The summed E-state index contributed by atoms with van der Waals surface area (Å²) in [5, 5.41) is 5.44. The normalized spacial score (nSPS) is 11.0. The molecule has 0 amide bonds. The number of rotatable bonds is 4. The second-order valence-corrected chi connectivity index (χ2v) is 3.53. The van der Waals surface area contributed by atoms with Crippen LogP contribution in [0.5, 0.6) is 0 Å². The summed E-state index contributed by atoms with van der Waals surface area (Å²) in [4.78, 5) is 0. The Morgan fingerprint density at radius 2 is 2.33 bits per heavy atom. The first-order chi connectivity index (χ1) is 7.31. The second-order valence-electron chi connectivity index (χ2n) is 3.53. The molecule has 0 aliphatic rings. The molecule has 4 nitrogen and oxygen atoms in total. The minimum absolute atomic E-state index is 0.754. The molecule has 0 fully saturated rings. The van der Waals surface area contributed by atoms with Crippen LogP contribution in [0.1, 0.15) is 6.42 Å². The Bertz CT molecular complexity index is 450. The Morgan fingerprint density at radius 1 is 1.47 bits per heavy atom. The zero-order valence-corrected chi connectivity index (χ0v) is 8.81. The van der Waals surface area contributed by atoms with Gasteiger partial charge in [0.25, 0.3) is 0 Å². The lowest BCUT2D eigenvalue weighted by molar-refractivity contribution is 0.189. The van der Waals surface area contributed by atoms with Gasteiger partial charge in [0.15, 0.2) is 0 Å². The first-order valence-corrected chi connectivity index (χ1v) is 5.01. The molecule has 0 atom stereocenters. The van der Waals surface area contributed by atoms with Crippen molar-refractivity contribution in [1.29, 1.82) is 0 Å². The maximum atomic E-state index is 5.74. The lowest BCUT2D eigenvalue weighted by Gasteiger charge is -2.03. The van der Waals surface area contributed by atoms with Crippen molar-refractivity contribution in [1.82, 2.24) is 9.78 Å². The highest BCUT2D eigenvalue weighted by Crippen LogP contribution is 2.17. The molecule has 0 aliphatic heterocycles. The highest BCUT2D eigenvalue weighted by atomic mass is 16.5. The van der Waals surface area contributed by atoms with Crippen LogP contribution in [0.25, 0.3) is 10.9 Å². The molecule has 4 heteroatoms. The number of benzene rings is 1. The van der Waals surface area contributed by atoms with Gasteiger partial charge in [-0.25, -0.2) is 0 Å². The predicted octanol–water partition coefficient (Wildman–Crippen LogP) is 1.66. The van der Waals surface area contributed by atoms with Crippen molar-refractivity contribution >= 4 is 16.6 Å². The summed E-state index contributed by atoms with van der Waals surface area (Å²) in [7, 11) is 1.71. The van der Waals surface area contributed by atoms with Crippen LogP contribution in [0.4, 0.5) is 5.69 Å². The molecule has 80 valence electrons. The van der Waals surface area contributed by atoms with E-state index in [1.165, 1.54) is 0 Å². The van der Waals surface area contributed by atoms with Crippen molar-refractivity contribution in [2.45, 2.75) is 13.0 Å². The van der Waals surface area contributed by atoms with E-state index in [0.717, 1.165) is 36.2 Å². The number of nitrogens with two attached hydrogens (primary N) is 1. The molecule has 15 heavy (non-hydrogen) atoms. The largest absolute Gasteiger partial charge is 0.399 e. The second kappa shape index (κ2) is 4.31. The number of nitrogen functional groups attached to an aromatic ring is 1. The molecule has 0 radical (unpaired) electrons. The standard InChI is InChI=1S/C11H15N3O/c1-15-6-2-5-14-11-7-10(12)4-3-9(11)8-13-14/h3-4,7-8H,2,5-6,12H2,1H3. The highest BCUT2D eigenvalue weighted by Gasteiger charge is 2.02. The molecule has 0 unspecified atom stereocenters. The summed E-state index contributed by atoms with van der Waals surface area (Å²) in [6.45, 7) is 1.62. The zero-order chi connectivity index (χ0) is 10.7. The smallest absolute Gasteiger partial charge is 0.0702 e. The number of hydrogen-bond donors (Lipinski definition) is 1. The van der Waals surface area contributed by atoms with Gasteiger partial charge in [0.05, 0.1) is 11.7 Å². The number of hydrogen-bond acceptors (Lipinski definition) is 3. The predicted molar refractivity (Wildman–Crippen MR) is 60.6 cm³/mol. The molecule has 0 bridgehead atoms. The molecular weight excluding hydrogens is 190 g/mol. The molecule has 0 aliphatic carbocycles. The summed E-state index contributed by atoms with van der Waals surface area (Å²) < 4.78 is 6.97. The van der Waals surface area contributed by atoms with Crippen LogP contribution in [0.2, 0.25) is 0 Å². The molecule has 1 aromatic heterocycles. The van der Waals surface area contributed by atoms with Gasteiger partial charge < -0.3 is 10.5 Å². The van der Waals surface area contributed by atoms with E-state index in [9.17, 15) is 0 Å². The first-order valence-electron chi connectivity index (χ1n) is 5.01. The SMILES string of the molecule is COCCCn1ncc2ccc(N)cc21. The summed E-state index contributed by atoms with van der Waals surface area (Å²) in [6, 6.07) is 5.84. The average Bonchev–Trinajstić information content (AvgIpc) is 2.62. The quantitative estimate of drug-likeness (QED) is 0.610. The van der Waals surface area contributed by atoms with Crippen LogP contribution in [0.15, 0.2) is 24.4 Å². The van der Waals surface area contributed by atoms with Gasteiger partial charge in [-0.3, -0.25) is 4.68 Å². The van der Waals surface area contributed by atoms with Crippen molar-refractivity contribution in [2.75, 3.05) is 19.5 Å². The fourth-order valence-electron chi connectivity index (χ4n) is 1.62. The number of fused-ring (bicyclic) bond motifs is 1. The van der Waals surface area contributed by atoms with Crippen molar-refractivity contribution in [3.8, 4) is 0 Å². The van der Waals surface area contributed by atoms with E-state index in [1.807, 2.05) is 29.1 Å². The van der Waals surface area contributed by atoms with Crippen molar-refractivity contribution < 1.29 is 4.74 Å². The molecular formula is C11H15N3O. The van der Waals surface area contributed by atoms with Crippen LogP contribution in [-0.2, 0) is 11.3 Å². The van der Waals surface area contributed by atoms with Gasteiger partial charge >= 0.3 is 0 Å². The van der Waals surface area contributed by atoms with Crippen LogP contribution in [-0.4, -0.2) is 23.5 Å². The maximum Gasteiger partial charge on any atom is 0.0702 e. The molecule has 0 saturated carbocycles. The minimum Gasteiger partial charge on any atom is -0.399 e. The van der Waals surface area contributed by atoms with Crippen molar-refractivity contribution in [2.24, 2.45) is 0 Å². The van der Waals surface area contributed by atoms with Crippen LogP contribution in [0, 0.1) is 0 Å². The summed E-state index contributed by atoms with van der Waals surface area (Å²) >= 11 is 0. The van der Waals surface area contributed by atoms with Crippen molar-refractivity contribution in [3.63, 3.8) is 0 Å². The molecule has 2 N–H and O–H groups in total. The fraction of sp³-hybridized carbons (Fsp3) is 0.364. The fourth-order valence-corrected chi connectivity index (χ4v) is 1.62. The molecule has 1 aromatic carbocycles. The Hall–Kier alpha value is -1.55. The van der Waals surface area contributed by atoms with Crippen molar-refractivity contribution in [3.05, 3.63) is 24.4 Å². The van der Waals surface area contributed by atoms with Gasteiger partial charge in [-0.15, -0.1) is 0 Å². The molecule has 0 spiro atoms. The number of aromatic nitrogens is 2. The molecule has 2 rings (SSSR count). The van der Waals surface area contributed by atoms with E-state index >= 15 is 0 Å². The first kappa shape index (κ1) is 9.98. The van der Waals surface area contributed by atoms with E-state index in [1.54, 1.807) is 7.11 Å². The zero-order valence-electron chi connectivity index (χ0n) is 8.81. The Labute approximate surface area is 88.6 Å².